The number of carbonyl (C=O) groups is 1. The van der Waals surface area contributed by atoms with Crippen LogP contribution >= 0.6 is 0 Å². The molecule has 1 aromatic carbocycles. The molecule has 0 spiro atoms. The van der Waals surface area contributed by atoms with Crippen molar-refractivity contribution in [3.05, 3.63) is 35.5 Å². The van der Waals surface area contributed by atoms with E-state index in [1.54, 1.807) is 0 Å². The van der Waals surface area contributed by atoms with Crippen LogP contribution in [0.25, 0.3) is 10.9 Å². The van der Waals surface area contributed by atoms with Gasteiger partial charge in [0, 0.05) is 35.2 Å². The van der Waals surface area contributed by atoms with Gasteiger partial charge in [0.25, 0.3) is 0 Å². The van der Waals surface area contributed by atoms with Crippen LogP contribution in [0.2, 0.25) is 0 Å². The molecular formula is C13H15NO2. The molecule has 1 aromatic heterocycles. The molecule has 0 aliphatic rings. The highest BCUT2D eigenvalue weighted by Crippen LogP contribution is 2.23. The highest BCUT2D eigenvalue weighted by atomic mass is 16.3. The van der Waals surface area contributed by atoms with Crippen molar-refractivity contribution < 1.29 is 9.90 Å². The second kappa shape index (κ2) is 4.49. The maximum absolute atomic E-state index is 12.0. The highest BCUT2D eigenvalue weighted by Gasteiger charge is 2.14. The molecule has 1 heterocycles. The molecule has 3 heteroatoms. The number of aromatic nitrogens is 1. The summed E-state index contributed by atoms with van der Waals surface area (Å²) in [4.78, 5) is 15.2. The van der Waals surface area contributed by atoms with Gasteiger partial charge in [-0.1, -0.05) is 18.2 Å². The molecule has 2 rings (SSSR count). The average Bonchev–Trinajstić information content (AvgIpc) is 2.62. The minimum Gasteiger partial charge on any atom is -0.396 e. The number of aryl methyl sites for hydroxylation is 1. The van der Waals surface area contributed by atoms with Crippen LogP contribution in [0.15, 0.2) is 24.3 Å². The van der Waals surface area contributed by atoms with E-state index in [0.717, 1.165) is 22.2 Å². The lowest BCUT2D eigenvalue weighted by atomic mass is 10.0. The van der Waals surface area contributed by atoms with E-state index in [4.69, 9.17) is 5.11 Å². The molecule has 0 saturated heterocycles. The molecule has 0 aliphatic carbocycles. The second-order valence-corrected chi connectivity index (χ2v) is 3.92. The molecule has 2 aromatic rings. The fraction of sp³-hybridized carbons (Fsp3) is 0.308. The molecule has 16 heavy (non-hydrogen) atoms. The van der Waals surface area contributed by atoms with E-state index in [2.05, 4.69) is 4.98 Å². The summed E-state index contributed by atoms with van der Waals surface area (Å²) in [6, 6.07) is 7.79. The van der Waals surface area contributed by atoms with Crippen molar-refractivity contribution in [3.63, 3.8) is 0 Å². The van der Waals surface area contributed by atoms with Gasteiger partial charge in [-0.2, -0.15) is 0 Å². The molecule has 0 saturated carbocycles. The number of hydrogen-bond acceptors (Lipinski definition) is 2. The first kappa shape index (κ1) is 10.9. The smallest absolute Gasteiger partial charge is 0.165 e. The number of nitrogens with one attached hydrogen (secondary N) is 1. The molecule has 0 amide bonds. The first-order valence-corrected chi connectivity index (χ1v) is 5.45. The van der Waals surface area contributed by atoms with E-state index < -0.39 is 0 Å². The highest BCUT2D eigenvalue weighted by molar-refractivity contribution is 6.09. The number of ketones is 1. The zero-order chi connectivity index (χ0) is 11.5. The number of H-pyrrole nitrogens is 1. The van der Waals surface area contributed by atoms with Crippen LogP contribution in [0.1, 0.15) is 28.9 Å². The Balaban J connectivity index is 2.43. The van der Waals surface area contributed by atoms with Gasteiger partial charge in [0.1, 0.15) is 0 Å². The molecule has 0 aliphatic heterocycles. The van der Waals surface area contributed by atoms with Crippen molar-refractivity contribution in [2.24, 2.45) is 0 Å². The summed E-state index contributed by atoms with van der Waals surface area (Å²) in [5, 5.41) is 9.71. The van der Waals surface area contributed by atoms with Gasteiger partial charge < -0.3 is 10.1 Å². The van der Waals surface area contributed by atoms with Crippen LogP contribution in [0, 0.1) is 6.92 Å². The lowest BCUT2D eigenvalue weighted by molar-refractivity contribution is 0.0972. The second-order valence-electron chi connectivity index (χ2n) is 3.92. The van der Waals surface area contributed by atoms with Gasteiger partial charge in [0.05, 0.1) is 0 Å². The Kier molecular flexibility index (Phi) is 3.06. The molecule has 0 fully saturated rings. The summed E-state index contributed by atoms with van der Waals surface area (Å²) in [5.41, 5.74) is 2.67. The Morgan fingerprint density at radius 3 is 2.88 bits per heavy atom. The predicted octanol–water partition coefficient (Wildman–Crippen LogP) is 2.43. The number of benzene rings is 1. The minimum absolute atomic E-state index is 0.0626. The Bertz CT molecular complexity index is 514. The van der Waals surface area contributed by atoms with Crippen LogP contribution in [-0.4, -0.2) is 22.5 Å². The number of fused-ring (bicyclic) bond motifs is 1. The third kappa shape index (κ3) is 1.86. The summed E-state index contributed by atoms with van der Waals surface area (Å²) in [5.74, 6) is 0.101. The Morgan fingerprint density at radius 1 is 1.38 bits per heavy atom. The van der Waals surface area contributed by atoms with Gasteiger partial charge in [-0.15, -0.1) is 0 Å². The van der Waals surface area contributed by atoms with Gasteiger partial charge in [-0.05, 0) is 19.4 Å². The van der Waals surface area contributed by atoms with Gasteiger partial charge in [-0.25, -0.2) is 0 Å². The molecule has 0 radical (unpaired) electrons. The average molecular weight is 217 g/mol. The minimum atomic E-state index is 0.0626. The maximum atomic E-state index is 12.0. The van der Waals surface area contributed by atoms with E-state index in [9.17, 15) is 4.79 Å². The van der Waals surface area contributed by atoms with Crippen LogP contribution in [-0.2, 0) is 0 Å². The van der Waals surface area contributed by atoms with Gasteiger partial charge in [0.2, 0.25) is 0 Å². The fourth-order valence-corrected chi connectivity index (χ4v) is 2.00. The molecule has 0 atom stereocenters. The SMILES string of the molecule is Cc1[nH]c2ccccc2c1C(=O)CCCO. The topological polar surface area (TPSA) is 53.1 Å². The van der Waals surface area contributed by atoms with Gasteiger partial charge in [-0.3, -0.25) is 4.79 Å². The van der Waals surface area contributed by atoms with Crippen LogP contribution in [0.4, 0.5) is 0 Å². The van der Waals surface area contributed by atoms with E-state index in [-0.39, 0.29) is 12.4 Å². The Hall–Kier alpha value is -1.61. The Labute approximate surface area is 94.1 Å². The first-order chi connectivity index (χ1) is 7.74. The van der Waals surface area contributed by atoms with Crippen LogP contribution in [0.3, 0.4) is 0 Å². The summed E-state index contributed by atoms with van der Waals surface area (Å²) < 4.78 is 0. The number of aliphatic hydroxyl groups excluding tert-OH is 1. The lowest BCUT2D eigenvalue weighted by Gasteiger charge is -1.99. The summed E-state index contributed by atoms with van der Waals surface area (Å²) >= 11 is 0. The normalized spacial score (nSPS) is 10.9. The maximum Gasteiger partial charge on any atom is 0.165 e. The van der Waals surface area contributed by atoms with E-state index in [1.807, 2.05) is 31.2 Å². The van der Waals surface area contributed by atoms with E-state index >= 15 is 0 Å². The number of carbonyl (C=O) groups excluding carboxylic acids is 1. The quantitative estimate of drug-likeness (QED) is 0.773. The zero-order valence-electron chi connectivity index (χ0n) is 9.29. The number of para-hydroxylation sites is 1. The summed E-state index contributed by atoms with van der Waals surface area (Å²) in [6.07, 6.45) is 0.928. The molecule has 0 unspecified atom stereocenters. The molecule has 3 nitrogen and oxygen atoms in total. The van der Waals surface area contributed by atoms with Gasteiger partial charge in [0.15, 0.2) is 5.78 Å². The third-order valence-electron chi connectivity index (χ3n) is 2.73. The number of aliphatic hydroxyl groups is 1. The van der Waals surface area contributed by atoms with Crippen LogP contribution in [0.5, 0.6) is 0 Å². The largest absolute Gasteiger partial charge is 0.396 e. The number of hydrogen-bond donors (Lipinski definition) is 2. The summed E-state index contributed by atoms with van der Waals surface area (Å²) in [6.45, 7) is 1.97. The molecule has 2 N–H and O–H groups in total. The molecule has 0 bridgehead atoms. The fourth-order valence-electron chi connectivity index (χ4n) is 2.00. The molecular weight excluding hydrogens is 202 g/mol. The van der Waals surface area contributed by atoms with Crippen LogP contribution < -0.4 is 0 Å². The van der Waals surface area contributed by atoms with Crippen molar-refractivity contribution >= 4 is 16.7 Å². The van der Waals surface area contributed by atoms with Gasteiger partial charge >= 0.3 is 0 Å². The lowest BCUT2D eigenvalue weighted by Crippen LogP contribution is -2.01. The first-order valence-electron chi connectivity index (χ1n) is 5.45. The Morgan fingerprint density at radius 2 is 2.12 bits per heavy atom. The zero-order valence-corrected chi connectivity index (χ0v) is 9.29. The molecule has 84 valence electrons. The van der Waals surface area contributed by atoms with Crippen molar-refractivity contribution in [2.45, 2.75) is 19.8 Å². The number of rotatable bonds is 4. The monoisotopic (exact) mass is 217 g/mol. The predicted molar refractivity (Wildman–Crippen MR) is 63.7 cm³/mol. The van der Waals surface area contributed by atoms with E-state index in [1.165, 1.54) is 0 Å². The summed E-state index contributed by atoms with van der Waals surface area (Å²) in [7, 11) is 0. The standard InChI is InChI=1S/C13H15NO2/c1-9-13(12(16)7-4-8-15)10-5-2-3-6-11(10)14-9/h2-3,5-6,14-15H,4,7-8H2,1H3. The van der Waals surface area contributed by atoms with E-state index in [0.29, 0.717) is 12.8 Å². The van der Waals surface area contributed by atoms with Crippen molar-refractivity contribution in [1.29, 1.82) is 0 Å². The number of Topliss-reactive ketones (excluding diaryl/α,β-unsaturated/α-hetero) is 1. The van der Waals surface area contributed by atoms with Crippen molar-refractivity contribution in [3.8, 4) is 0 Å². The van der Waals surface area contributed by atoms with Crippen molar-refractivity contribution in [2.75, 3.05) is 6.61 Å². The number of aromatic amines is 1. The third-order valence-corrected chi connectivity index (χ3v) is 2.73. The van der Waals surface area contributed by atoms with Crippen molar-refractivity contribution in [1.82, 2.24) is 4.98 Å².